The molecule has 18 heavy (non-hydrogen) atoms. The molecule has 0 aliphatic rings. The number of hydrogen-bond donors (Lipinski definition) is 2. The molecule has 1 aromatic carbocycles. The van der Waals surface area contributed by atoms with Crippen molar-refractivity contribution in [3.8, 4) is 0 Å². The largest absolute Gasteiger partial charge is 0.416 e. The second-order valence-electron chi connectivity index (χ2n) is 3.72. The zero-order chi connectivity index (χ0) is 13.3. The molecule has 4 N–H and O–H groups in total. The molecular formula is C10H10F3N5. The summed E-state index contributed by atoms with van der Waals surface area (Å²) >= 11 is 0. The van der Waals surface area contributed by atoms with Gasteiger partial charge in [0.25, 0.3) is 0 Å². The van der Waals surface area contributed by atoms with Crippen molar-refractivity contribution in [1.29, 1.82) is 0 Å². The lowest BCUT2D eigenvalue weighted by Gasteiger charge is -2.07. The first-order valence-corrected chi connectivity index (χ1v) is 4.99. The van der Waals surface area contributed by atoms with E-state index in [4.69, 9.17) is 11.6 Å². The zero-order valence-electron chi connectivity index (χ0n) is 9.15. The second-order valence-corrected chi connectivity index (χ2v) is 3.72. The Kier molecular flexibility index (Phi) is 2.85. The number of nitrogen functional groups attached to an aromatic ring is 2. The van der Waals surface area contributed by atoms with Gasteiger partial charge in [0.15, 0.2) is 5.82 Å². The van der Waals surface area contributed by atoms with Crippen LogP contribution in [0.25, 0.3) is 0 Å². The van der Waals surface area contributed by atoms with E-state index in [0.717, 1.165) is 16.8 Å². The van der Waals surface area contributed by atoms with Crippen LogP contribution >= 0.6 is 0 Å². The van der Waals surface area contributed by atoms with Crippen LogP contribution in [-0.4, -0.2) is 14.9 Å². The third-order valence-corrected chi connectivity index (χ3v) is 2.44. The van der Waals surface area contributed by atoms with Gasteiger partial charge in [0.05, 0.1) is 5.56 Å². The van der Waals surface area contributed by atoms with Crippen LogP contribution in [-0.2, 0) is 12.6 Å². The molecule has 0 spiro atoms. The molecule has 0 aliphatic heterocycles. The molecular weight excluding hydrogens is 247 g/mol. The Balaban J connectivity index is 2.19. The van der Waals surface area contributed by atoms with Crippen molar-refractivity contribution in [2.45, 2.75) is 12.6 Å². The molecule has 0 unspecified atom stereocenters. The molecule has 96 valence electrons. The lowest BCUT2D eigenvalue weighted by atomic mass is 10.1. The van der Waals surface area contributed by atoms with Crippen LogP contribution in [0.2, 0.25) is 0 Å². The van der Waals surface area contributed by atoms with Crippen LogP contribution in [0.5, 0.6) is 0 Å². The van der Waals surface area contributed by atoms with Gasteiger partial charge in [-0.05, 0) is 17.7 Å². The molecule has 1 heterocycles. The molecule has 5 nitrogen and oxygen atoms in total. The van der Waals surface area contributed by atoms with Crippen LogP contribution in [0.4, 0.5) is 19.1 Å². The molecule has 0 atom stereocenters. The van der Waals surface area contributed by atoms with Crippen LogP contribution in [0.3, 0.4) is 0 Å². The van der Waals surface area contributed by atoms with E-state index in [9.17, 15) is 13.2 Å². The number of aromatic nitrogens is 3. The van der Waals surface area contributed by atoms with E-state index in [1.807, 2.05) is 0 Å². The van der Waals surface area contributed by atoms with Crippen molar-refractivity contribution in [3.63, 3.8) is 0 Å². The fourth-order valence-electron chi connectivity index (χ4n) is 1.45. The summed E-state index contributed by atoms with van der Waals surface area (Å²) < 4.78 is 38.1. The van der Waals surface area contributed by atoms with Crippen LogP contribution in [0.15, 0.2) is 24.3 Å². The van der Waals surface area contributed by atoms with Gasteiger partial charge in [-0.3, -0.25) is 0 Å². The first-order valence-electron chi connectivity index (χ1n) is 4.99. The number of halogens is 3. The minimum atomic E-state index is -4.34. The van der Waals surface area contributed by atoms with Crippen molar-refractivity contribution in [1.82, 2.24) is 14.9 Å². The van der Waals surface area contributed by atoms with E-state index >= 15 is 0 Å². The van der Waals surface area contributed by atoms with Crippen molar-refractivity contribution >= 4 is 5.95 Å². The Morgan fingerprint density at radius 3 is 2.17 bits per heavy atom. The first kappa shape index (κ1) is 12.2. The summed E-state index contributed by atoms with van der Waals surface area (Å²) in [4.78, 5) is 0. The van der Waals surface area contributed by atoms with Crippen molar-refractivity contribution < 1.29 is 13.2 Å². The Morgan fingerprint density at radius 2 is 1.72 bits per heavy atom. The Morgan fingerprint density at radius 1 is 1.11 bits per heavy atom. The van der Waals surface area contributed by atoms with Gasteiger partial charge in [-0.1, -0.05) is 12.1 Å². The molecule has 2 rings (SSSR count). The molecule has 0 bridgehead atoms. The topological polar surface area (TPSA) is 82.8 Å². The Hall–Kier alpha value is -2.25. The van der Waals surface area contributed by atoms with E-state index < -0.39 is 11.7 Å². The maximum Gasteiger partial charge on any atom is 0.416 e. The summed E-state index contributed by atoms with van der Waals surface area (Å²) in [7, 11) is 0. The Bertz CT molecular complexity index is 544. The maximum atomic E-state index is 12.4. The van der Waals surface area contributed by atoms with Crippen molar-refractivity contribution in [3.05, 3.63) is 41.2 Å². The molecule has 2 aromatic rings. The molecule has 0 fully saturated rings. The predicted molar refractivity (Wildman–Crippen MR) is 58.8 cm³/mol. The number of nitrogens with zero attached hydrogens (tertiary/aromatic N) is 3. The maximum absolute atomic E-state index is 12.4. The van der Waals surface area contributed by atoms with Gasteiger partial charge in [-0.2, -0.15) is 13.2 Å². The van der Waals surface area contributed by atoms with E-state index in [2.05, 4.69) is 10.2 Å². The normalized spacial score (nSPS) is 11.7. The lowest BCUT2D eigenvalue weighted by Crippen LogP contribution is -2.15. The van der Waals surface area contributed by atoms with Gasteiger partial charge in [0, 0.05) is 6.42 Å². The van der Waals surface area contributed by atoms with E-state index in [0.29, 0.717) is 11.4 Å². The van der Waals surface area contributed by atoms with E-state index in [-0.39, 0.29) is 12.4 Å². The summed E-state index contributed by atoms with van der Waals surface area (Å²) in [5.41, 5.74) is 5.34. The number of anilines is 1. The molecule has 0 aliphatic carbocycles. The van der Waals surface area contributed by atoms with Crippen molar-refractivity contribution in [2.75, 3.05) is 11.6 Å². The highest BCUT2D eigenvalue weighted by Crippen LogP contribution is 2.29. The third kappa shape index (κ3) is 2.36. The SMILES string of the molecule is Nc1nnc(Cc2ccc(C(F)(F)F)cc2)n1N. The summed E-state index contributed by atoms with van der Waals surface area (Å²) in [6, 6.07) is 4.76. The monoisotopic (exact) mass is 257 g/mol. The van der Waals surface area contributed by atoms with Crippen molar-refractivity contribution in [2.24, 2.45) is 0 Å². The molecule has 0 saturated carbocycles. The number of nitrogens with two attached hydrogens (primary N) is 2. The van der Waals surface area contributed by atoms with Gasteiger partial charge < -0.3 is 11.6 Å². The molecule has 0 radical (unpaired) electrons. The smallest absolute Gasteiger partial charge is 0.366 e. The summed E-state index contributed by atoms with van der Waals surface area (Å²) in [6.45, 7) is 0. The fourth-order valence-corrected chi connectivity index (χ4v) is 1.45. The quantitative estimate of drug-likeness (QED) is 0.791. The highest BCUT2D eigenvalue weighted by atomic mass is 19.4. The average Bonchev–Trinajstić information content (AvgIpc) is 2.61. The number of rotatable bonds is 2. The third-order valence-electron chi connectivity index (χ3n) is 2.44. The Labute approximate surface area is 100 Å². The van der Waals surface area contributed by atoms with Gasteiger partial charge in [0.2, 0.25) is 5.95 Å². The number of hydrogen-bond acceptors (Lipinski definition) is 4. The fraction of sp³-hybridized carbons (Fsp3) is 0.200. The highest BCUT2D eigenvalue weighted by Gasteiger charge is 2.29. The average molecular weight is 257 g/mol. The molecule has 0 amide bonds. The molecule has 0 saturated heterocycles. The van der Waals surface area contributed by atoms with Crippen LogP contribution < -0.4 is 11.6 Å². The summed E-state index contributed by atoms with van der Waals surface area (Å²) in [5, 5.41) is 7.28. The van der Waals surface area contributed by atoms with Gasteiger partial charge in [-0.25, -0.2) is 4.68 Å². The number of benzene rings is 1. The standard InChI is InChI=1S/C10H10F3N5/c11-10(12,13)7-3-1-6(2-4-7)5-8-16-17-9(14)18(8)15/h1-4H,5,15H2,(H2,14,17). The molecule has 1 aromatic heterocycles. The predicted octanol–water partition coefficient (Wildman–Crippen LogP) is 1.18. The zero-order valence-corrected chi connectivity index (χ0v) is 9.15. The minimum absolute atomic E-state index is 0.0527. The van der Waals surface area contributed by atoms with Gasteiger partial charge in [-0.15, -0.1) is 10.2 Å². The van der Waals surface area contributed by atoms with Crippen LogP contribution in [0.1, 0.15) is 17.0 Å². The van der Waals surface area contributed by atoms with Gasteiger partial charge >= 0.3 is 6.18 Å². The van der Waals surface area contributed by atoms with Gasteiger partial charge in [0.1, 0.15) is 0 Å². The van der Waals surface area contributed by atoms with Crippen LogP contribution in [0, 0.1) is 0 Å². The van der Waals surface area contributed by atoms with E-state index in [1.165, 1.54) is 12.1 Å². The minimum Gasteiger partial charge on any atom is -0.366 e. The summed E-state index contributed by atoms with van der Waals surface area (Å²) in [5.74, 6) is 5.97. The molecule has 8 heteroatoms. The number of alkyl halides is 3. The lowest BCUT2D eigenvalue weighted by molar-refractivity contribution is -0.137. The summed E-state index contributed by atoms with van der Waals surface area (Å²) in [6.07, 6.45) is -4.07. The highest BCUT2D eigenvalue weighted by molar-refractivity contribution is 5.28. The first-order chi connectivity index (χ1) is 8.38. The second kappa shape index (κ2) is 4.21. The van der Waals surface area contributed by atoms with E-state index in [1.54, 1.807) is 0 Å².